The average Bonchev–Trinajstić information content (AvgIpc) is 2.27. The van der Waals surface area contributed by atoms with Crippen LogP contribution in [0.3, 0.4) is 0 Å². The first-order chi connectivity index (χ1) is 7.65. The van der Waals surface area contributed by atoms with E-state index in [4.69, 9.17) is 0 Å². The van der Waals surface area contributed by atoms with Gasteiger partial charge in [-0.1, -0.05) is 25.8 Å². The lowest BCUT2D eigenvalue weighted by atomic mass is 10.1. The van der Waals surface area contributed by atoms with Crippen LogP contribution < -0.4 is 0 Å². The van der Waals surface area contributed by atoms with Crippen molar-refractivity contribution < 1.29 is 0 Å². The second-order valence-electron chi connectivity index (χ2n) is 4.19. The number of unbranched alkanes of at least 4 members (excludes halogenated alkanes) is 1. The van der Waals surface area contributed by atoms with Gasteiger partial charge in [0.15, 0.2) is 0 Å². The van der Waals surface area contributed by atoms with E-state index in [0.29, 0.717) is 0 Å². The monoisotopic (exact) mass is 219 g/mol. The number of rotatable bonds is 6. The fourth-order valence-electron chi connectivity index (χ4n) is 1.37. The van der Waals surface area contributed by atoms with Crippen LogP contribution in [0.25, 0.3) is 0 Å². The van der Waals surface area contributed by atoms with Gasteiger partial charge in [-0.25, -0.2) is 0 Å². The Morgan fingerprint density at radius 2 is 1.94 bits per heavy atom. The molecule has 0 aromatic heterocycles. The molecule has 0 aromatic carbocycles. The highest BCUT2D eigenvalue weighted by Gasteiger charge is 1.93. The molecule has 1 heteroatoms. The van der Waals surface area contributed by atoms with Crippen molar-refractivity contribution in [2.45, 2.75) is 53.4 Å². The molecule has 0 fully saturated rings. The molecule has 90 valence electrons. The Balaban J connectivity index is 4.85. The first kappa shape index (κ1) is 14.9. The highest BCUT2D eigenvalue weighted by Crippen LogP contribution is 2.10. The molecule has 1 nitrogen and oxygen atoms in total. The minimum absolute atomic E-state index is 1.09. The van der Waals surface area contributed by atoms with Gasteiger partial charge in [0, 0.05) is 13.3 Å². The molecule has 0 aromatic rings. The molecule has 0 heterocycles. The van der Waals surface area contributed by atoms with Crippen molar-refractivity contribution in [3.63, 3.8) is 0 Å². The summed E-state index contributed by atoms with van der Waals surface area (Å²) in [5.74, 6) is 0. The molecule has 16 heavy (non-hydrogen) atoms. The Kier molecular flexibility index (Phi) is 8.56. The zero-order valence-corrected chi connectivity index (χ0v) is 11.4. The van der Waals surface area contributed by atoms with Crippen LogP contribution in [-0.4, -0.2) is 13.3 Å². The van der Waals surface area contributed by atoms with Gasteiger partial charge in [-0.2, -0.15) is 0 Å². The van der Waals surface area contributed by atoms with E-state index in [1.54, 1.807) is 7.05 Å². The predicted octanol–water partition coefficient (Wildman–Crippen LogP) is 4.71. The average molecular weight is 219 g/mol. The summed E-state index contributed by atoms with van der Waals surface area (Å²) in [5, 5.41) is 0. The topological polar surface area (TPSA) is 12.4 Å². The lowest BCUT2D eigenvalue weighted by Gasteiger charge is -1.99. The quantitative estimate of drug-likeness (QED) is 0.349. The summed E-state index contributed by atoms with van der Waals surface area (Å²) in [5.41, 5.74) is 7.27. The maximum Gasteiger partial charge on any atom is 0.0286 e. The van der Waals surface area contributed by atoms with E-state index < -0.39 is 0 Å². The molecule has 0 saturated carbocycles. The van der Waals surface area contributed by atoms with Crippen molar-refractivity contribution >= 4 is 6.21 Å². The molecule has 0 spiro atoms. The van der Waals surface area contributed by atoms with Gasteiger partial charge >= 0.3 is 0 Å². The number of hydrogen-bond donors (Lipinski definition) is 0. The Labute approximate surface area is 101 Å². The maximum absolute atomic E-state index is 4.06. The van der Waals surface area contributed by atoms with Crippen molar-refractivity contribution in [2.24, 2.45) is 4.99 Å². The summed E-state index contributed by atoms with van der Waals surface area (Å²) >= 11 is 0. The predicted molar refractivity (Wildman–Crippen MR) is 74.2 cm³/mol. The minimum Gasteiger partial charge on any atom is -0.296 e. The molecule has 0 atom stereocenters. The van der Waals surface area contributed by atoms with E-state index in [-0.39, 0.29) is 0 Å². The fraction of sp³-hybridized carbons (Fsp3) is 0.600. The van der Waals surface area contributed by atoms with E-state index in [2.05, 4.69) is 44.5 Å². The fourth-order valence-corrected chi connectivity index (χ4v) is 1.37. The Bertz CT molecular complexity index is 308. The number of nitrogens with zero attached hydrogens (tertiary/aromatic N) is 1. The number of hydrogen-bond acceptors (Lipinski definition) is 1. The summed E-state index contributed by atoms with van der Waals surface area (Å²) in [7, 11) is 1.80. The minimum atomic E-state index is 1.09. The molecular formula is C15H25N. The summed E-state index contributed by atoms with van der Waals surface area (Å²) < 4.78 is 0. The van der Waals surface area contributed by atoms with Crippen molar-refractivity contribution in [1.82, 2.24) is 0 Å². The Morgan fingerprint density at radius 1 is 1.25 bits per heavy atom. The third-order valence-electron chi connectivity index (χ3n) is 2.54. The summed E-state index contributed by atoms with van der Waals surface area (Å²) in [6, 6.07) is 0. The van der Waals surface area contributed by atoms with Crippen LogP contribution in [0.4, 0.5) is 0 Å². The summed E-state index contributed by atoms with van der Waals surface area (Å²) in [6.45, 7) is 8.63. The first-order valence-corrected chi connectivity index (χ1v) is 6.19. The zero-order chi connectivity index (χ0) is 12.4. The second-order valence-corrected chi connectivity index (χ2v) is 4.19. The van der Waals surface area contributed by atoms with Crippen LogP contribution in [0.15, 0.2) is 33.5 Å². The smallest absolute Gasteiger partial charge is 0.0286 e. The molecule has 0 rings (SSSR count). The van der Waals surface area contributed by atoms with Gasteiger partial charge in [0.2, 0.25) is 0 Å². The van der Waals surface area contributed by atoms with Crippen LogP contribution in [0.1, 0.15) is 53.4 Å². The normalized spacial score (nSPS) is 10.1. The molecule has 0 radical (unpaired) electrons. The van der Waals surface area contributed by atoms with Gasteiger partial charge < -0.3 is 0 Å². The Morgan fingerprint density at radius 3 is 2.38 bits per heavy atom. The van der Waals surface area contributed by atoms with Gasteiger partial charge in [0.05, 0.1) is 0 Å². The SMILES string of the molecule is CCCCC(=C=CC(C=NC)=C(C)C)CC. The zero-order valence-electron chi connectivity index (χ0n) is 11.4. The van der Waals surface area contributed by atoms with Crippen LogP contribution in [0.5, 0.6) is 0 Å². The number of aliphatic imine (C=N–C) groups is 1. The van der Waals surface area contributed by atoms with Crippen LogP contribution in [0.2, 0.25) is 0 Å². The molecule has 0 bridgehead atoms. The van der Waals surface area contributed by atoms with Gasteiger partial charge in [0.1, 0.15) is 0 Å². The van der Waals surface area contributed by atoms with E-state index >= 15 is 0 Å². The first-order valence-electron chi connectivity index (χ1n) is 6.19. The Hall–Kier alpha value is -1.07. The molecule has 0 unspecified atom stereocenters. The van der Waals surface area contributed by atoms with Crippen molar-refractivity contribution in [3.8, 4) is 0 Å². The van der Waals surface area contributed by atoms with E-state index in [1.165, 1.54) is 36.0 Å². The molecule has 0 amide bonds. The van der Waals surface area contributed by atoms with Gasteiger partial charge in [0.25, 0.3) is 0 Å². The van der Waals surface area contributed by atoms with Crippen molar-refractivity contribution in [1.29, 1.82) is 0 Å². The largest absolute Gasteiger partial charge is 0.296 e. The van der Waals surface area contributed by atoms with E-state index in [0.717, 1.165) is 6.42 Å². The highest BCUT2D eigenvalue weighted by atomic mass is 14.6. The lowest BCUT2D eigenvalue weighted by Crippen LogP contribution is -1.84. The van der Waals surface area contributed by atoms with E-state index in [9.17, 15) is 0 Å². The molecule has 0 N–H and O–H groups in total. The second kappa shape index (κ2) is 9.18. The lowest BCUT2D eigenvalue weighted by molar-refractivity contribution is 0.768. The van der Waals surface area contributed by atoms with Gasteiger partial charge in [-0.05, 0) is 50.3 Å². The third-order valence-corrected chi connectivity index (χ3v) is 2.54. The van der Waals surface area contributed by atoms with Crippen molar-refractivity contribution in [2.75, 3.05) is 7.05 Å². The van der Waals surface area contributed by atoms with Crippen LogP contribution >= 0.6 is 0 Å². The maximum atomic E-state index is 4.06. The molecule has 0 aliphatic carbocycles. The van der Waals surface area contributed by atoms with E-state index in [1.807, 2.05) is 6.21 Å². The standard InChI is InChI=1S/C15H25N/c1-6-8-9-14(7-2)10-11-15(12-16-5)13(3)4/h11-12H,6-9H2,1-5H3. The summed E-state index contributed by atoms with van der Waals surface area (Å²) in [6.07, 6.45) is 8.73. The molecule has 0 saturated heterocycles. The highest BCUT2D eigenvalue weighted by molar-refractivity contribution is 5.83. The van der Waals surface area contributed by atoms with Crippen LogP contribution in [0, 0.1) is 0 Å². The number of allylic oxidation sites excluding steroid dienone is 3. The molecule has 0 aliphatic rings. The van der Waals surface area contributed by atoms with Crippen molar-refractivity contribution in [3.05, 3.63) is 28.5 Å². The van der Waals surface area contributed by atoms with Gasteiger partial charge in [-0.15, -0.1) is 5.73 Å². The third kappa shape index (κ3) is 6.42. The molecular weight excluding hydrogens is 194 g/mol. The van der Waals surface area contributed by atoms with Crippen LogP contribution in [-0.2, 0) is 0 Å². The summed E-state index contributed by atoms with van der Waals surface area (Å²) in [4.78, 5) is 4.06. The van der Waals surface area contributed by atoms with Gasteiger partial charge in [-0.3, -0.25) is 4.99 Å². The molecule has 0 aliphatic heterocycles.